The summed E-state index contributed by atoms with van der Waals surface area (Å²) < 4.78 is 50.3. The van der Waals surface area contributed by atoms with Crippen molar-refractivity contribution in [3.05, 3.63) is 75.9 Å². The molecular formula is C37H46F3N3O4. The molecule has 5 rings (SSSR count). The zero-order valence-corrected chi connectivity index (χ0v) is 28.4. The fourth-order valence-corrected chi connectivity index (χ4v) is 6.73. The zero-order chi connectivity index (χ0) is 34.3. The minimum Gasteiger partial charge on any atom is -0.479 e. The van der Waals surface area contributed by atoms with Crippen molar-refractivity contribution in [2.75, 3.05) is 24.5 Å². The molecule has 1 atom stereocenters. The first-order chi connectivity index (χ1) is 22.0. The first-order valence-corrected chi connectivity index (χ1v) is 16.3. The number of nitrogens with zero attached hydrogens (tertiary/aromatic N) is 3. The standard InChI is InChI=1S/C37H46F3N3O4/c1-22-30(32(43-16-13-37(6,7)14-17-43)31(23(2)41-22)33(34(44)45)47-36(3,4)5)25-8-9-26-20-42(15-12-24(26)18-25)21-27-10-11-28(19-29(27)38)46-35(39)40/h8-11,18-19,33,35H,12-17,20-21H2,1-7H3,(H,44,45). The zero-order valence-electron chi connectivity index (χ0n) is 28.4. The summed E-state index contributed by atoms with van der Waals surface area (Å²) in [4.78, 5) is 22.2. The number of piperidine rings is 1. The molecule has 0 spiro atoms. The van der Waals surface area contributed by atoms with Crippen LogP contribution in [-0.4, -0.2) is 52.8 Å². The van der Waals surface area contributed by atoms with Gasteiger partial charge in [-0.1, -0.05) is 38.1 Å². The molecule has 0 aliphatic carbocycles. The minimum absolute atomic E-state index is 0.199. The molecule has 2 aromatic carbocycles. The molecule has 10 heteroatoms. The van der Waals surface area contributed by atoms with Crippen LogP contribution in [0.3, 0.4) is 0 Å². The predicted octanol–water partition coefficient (Wildman–Crippen LogP) is 8.23. The summed E-state index contributed by atoms with van der Waals surface area (Å²) in [5.74, 6) is -1.82. The fourth-order valence-electron chi connectivity index (χ4n) is 6.73. The molecule has 1 N–H and O–H groups in total. The topological polar surface area (TPSA) is 75.1 Å². The largest absolute Gasteiger partial charge is 0.479 e. The molecule has 2 aliphatic heterocycles. The highest BCUT2D eigenvalue weighted by atomic mass is 19.3. The third-order valence-corrected chi connectivity index (χ3v) is 9.20. The van der Waals surface area contributed by atoms with Crippen LogP contribution in [0.15, 0.2) is 36.4 Å². The van der Waals surface area contributed by atoms with E-state index in [0.717, 1.165) is 66.5 Å². The second kappa shape index (κ2) is 13.5. The molecule has 1 unspecified atom stereocenters. The summed E-state index contributed by atoms with van der Waals surface area (Å²) in [5, 5.41) is 10.5. The van der Waals surface area contributed by atoms with Gasteiger partial charge in [0.15, 0.2) is 6.10 Å². The van der Waals surface area contributed by atoms with Crippen molar-refractivity contribution in [1.29, 1.82) is 0 Å². The Morgan fingerprint density at radius 3 is 2.34 bits per heavy atom. The Morgan fingerprint density at radius 1 is 1.02 bits per heavy atom. The highest BCUT2D eigenvalue weighted by Crippen LogP contribution is 2.45. The van der Waals surface area contributed by atoms with Gasteiger partial charge in [0.25, 0.3) is 0 Å². The van der Waals surface area contributed by atoms with Crippen molar-refractivity contribution in [3.8, 4) is 16.9 Å². The van der Waals surface area contributed by atoms with E-state index >= 15 is 0 Å². The van der Waals surface area contributed by atoms with Gasteiger partial charge < -0.3 is 19.5 Å². The van der Waals surface area contributed by atoms with Crippen molar-refractivity contribution < 1.29 is 32.5 Å². The Hall–Kier alpha value is -3.63. The lowest BCUT2D eigenvalue weighted by molar-refractivity contribution is -0.160. The van der Waals surface area contributed by atoms with Gasteiger partial charge in [0, 0.05) is 66.9 Å². The van der Waals surface area contributed by atoms with Gasteiger partial charge in [0.2, 0.25) is 0 Å². The number of carboxylic acids is 1. The second-order valence-electron chi connectivity index (χ2n) is 14.6. The molecule has 0 bridgehead atoms. The molecule has 0 radical (unpaired) electrons. The third-order valence-electron chi connectivity index (χ3n) is 9.20. The first-order valence-electron chi connectivity index (χ1n) is 16.3. The maximum atomic E-state index is 14.7. The van der Waals surface area contributed by atoms with Crippen LogP contribution >= 0.6 is 0 Å². The van der Waals surface area contributed by atoms with Gasteiger partial charge in [-0.05, 0) is 82.1 Å². The smallest absolute Gasteiger partial charge is 0.387 e. The molecule has 3 aromatic rings. The minimum atomic E-state index is -3.01. The molecule has 7 nitrogen and oxygen atoms in total. The lowest BCUT2D eigenvalue weighted by atomic mass is 9.81. The Balaban J connectivity index is 1.51. The number of hydrogen-bond acceptors (Lipinski definition) is 6. The number of aromatic nitrogens is 1. The normalized spacial score (nSPS) is 17.5. The lowest BCUT2D eigenvalue weighted by Gasteiger charge is -2.41. The highest BCUT2D eigenvalue weighted by Gasteiger charge is 2.36. The van der Waals surface area contributed by atoms with E-state index in [-0.39, 0.29) is 11.2 Å². The Bertz CT molecular complexity index is 1630. The molecule has 1 saturated heterocycles. The lowest BCUT2D eigenvalue weighted by Crippen LogP contribution is -2.39. The number of carbonyl (C=O) groups is 1. The molecular weight excluding hydrogens is 607 g/mol. The summed E-state index contributed by atoms with van der Waals surface area (Å²) in [6, 6.07) is 10.2. The average Bonchev–Trinajstić information content (AvgIpc) is 2.96. The molecule has 254 valence electrons. The van der Waals surface area contributed by atoms with Gasteiger partial charge in [-0.25, -0.2) is 9.18 Å². The second-order valence-corrected chi connectivity index (χ2v) is 14.6. The Morgan fingerprint density at radius 2 is 1.72 bits per heavy atom. The van der Waals surface area contributed by atoms with Gasteiger partial charge in [-0.2, -0.15) is 8.78 Å². The van der Waals surface area contributed by atoms with Gasteiger partial charge in [0.05, 0.1) is 11.3 Å². The summed E-state index contributed by atoms with van der Waals surface area (Å²) in [5.41, 5.74) is 7.09. The highest BCUT2D eigenvalue weighted by molar-refractivity contribution is 5.88. The van der Waals surface area contributed by atoms with Crippen LogP contribution < -0.4 is 9.64 Å². The van der Waals surface area contributed by atoms with E-state index in [4.69, 9.17) is 9.72 Å². The number of alkyl halides is 2. The van der Waals surface area contributed by atoms with Crippen LogP contribution in [-0.2, 0) is 29.0 Å². The Kier molecular flexibility index (Phi) is 9.94. The summed E-state index contributed by atoms with van der Waals surface area (Å²) in [6.07, 6.45) is 1.51. The fraction of sp³-hybridized carbons (Fsp3) is 0.514. The number of fused-ring (bicyclic) bond motifs is 1. The van der Waals surface area contributed by atoms with E-state index < -0.39 is 30.1 Å². The van der Waals surface area contributed by atoms with Gasteiger partial charge >= 0.3 is 12.6 Å². The van der Waals surface area contributed by atoms with Crippen molar-refractivity contribution in [2.45, 2.75) is 99.1 Å². The number of aliphatic carboxylic acids is 1. The summed E-state index contributed by atoms with van der Waals surface area (Å²) in [7, 11) is 0. The monoisotopic (exact) mass is 653 g/mol. The molecule has 2 aliphatic rings. The summed E-state index contributed by atoms with van der Waals surface area (Å²) in [6.45, 7) is 14.2. The van der Waals surface area contributed by atoms with Crippen molar-refractivity contribution in [2.24, 2.45) is 5.41 Å². The molecule has 0 saturated carbocycles. The van der Waals surface area contributed by atoms with Gasteiger partial charge in [-0.3, -0.25) is 9.88 Å². The van der Waals surface area contributed by atoms with Gasteiger partial charge in [0.1, 0.15) is 11.6 Å². The maximum Gasteiger partial charge on any atom is 0.387 e. The quantitative estimate of drug-likeness (QED) is 0.249. The van der Waals surface area contributed by atoms with E-state index in [2.05, 4.69) is 46.6 Å². The van der Waals surface area contributed by atoms with E-state index in [0.29, 0.717) is 36.5 Å². The number of rotatable bonds is 9. The van der Waals surface area contributed by atoms with E-state index in [1.165, 1.54) is 17.7 Å². The molecule has 1 aromatic heterocycles. The number of benzene rings is 2. The van der Waals surface area contributed by atoms with Crippen molar-refractivity contribution in [3.63, 3.8) is 0 Å². The first kappa shape index (κ1) is 34.7. The van der Waals surface area contributed by atoms with Gasteiger partial charge in [-0.15, -0.1) is 0 Å². The van der Waals surface area contributed by atoms with Crippen LogP contribution in [0.2, 0.25) is 0 Å². The number of carboxylic acid groups (broad SMARTS) is 1. The van der Waals surface area contributed by atoms with Crippen molar-refractivity contribution >= 4 is 11.7 Å². The predicted molar refractivity (Wildman–Crippen MR) is 176 cm³/mol. The number of hydrogen-bond donors (Lipinski definition) is 1. The maximum absolute atomic E-state index is 14.7. The number of aryl methyl sites for hydroxylation is 2. The van der Waals surface area contributed by atoms with Crippen molar-refractivity contribution in [1.82, 2.24) is 9.88 Å². The average molecular weight is 654 g/mol. The SMILES string of the molecule is Cc1nc(C)c(C(OC(C)(C)C)C(=O)O)c(N2CCC(C)(C)CC2)c1-c1ccc2c(c1)CCN(Cc1ccc(OC(F)F)cc1F)C2. The van der Waals surface area contributed by atoms with E-state index in [1.54, 1.807) is 0 Å². The number of anilines is 1. The molecule has 1 fully saturated rings. The van der Waals surface area contributed by atoms with Crippen LogP contribution in [0.1, 0.15) is 87.2 Å². The Labute approximate surface area is 275 Å². The number of ether oxygens (including phenoxy) is 2. The molecule has 47 heavy (non-hydrogen) atoms. The van der Waals surface area contributed by atoms with Crippen LogP contribution in [0.4, 0.5) is 18.9 Å². The molecule has 0 amide bonds. The summed E-state index contributed by atoms with van der Waals surface area (Å²) >= 11 is 0. The molecule has 3 heterocycles. The van der Waals surface area contributed by atoms with E-state index in [1.807, 2.05) is 34.6 Å². The number of pyridine rings is 1. The van der Waals surface area contributed by atoms with Crippen LogP contribution in [0.25, 0.3) is 11.1 Å². The van der Waals surface area contributed by atoms with Crippen LogP contribution in [0, 0.1) is 25.1 Å². The van der Waals surface area contributed by atoms with Crippen LogP contribution in [0.5, 0.6) is 5.75 Å². The number of halogens is 3. The van der Waals surface area contributed by atoms with E-state index in [9.17, 15) is 23.1 Å². The third kappa shape index (κ3) is 8.09.